The number of benzene rings is 1. The van der Waals surface area contributed by atoms with Gasteiger partial charge in [-0.25, -0.2) is 4.98 Å². The molecule has 3 heteroatoms. The van der Waals surface area contributed by atoms with Gasteiger partial charge in [0, 0.05) is 10.4 Å². The van der Waals surface area contributed by atoms with Crippen molar-refractivity contribution in [3.05, 3.63) is 39.7 Å². The number of hydrogen-bond donors (Lipinski definition) is 1. The van der Waals surface area contributed by atoms with E-state index in [-0.39, 0.29) is 5.54 Å². The van der Waals surface area contributed by atoms with Crippen molar-refractivity contribution >= 4 is 11.3 Å². The standard InChI is InChI=1S/C15H18N2S/c1-3-15(2,16)14-17-13-11-7-5-4-6-10(11)8-9-12(13)18-14/h4-7H,3,8-9,16H2,1-2H3. The summed E-state index contributed by atoms with van der Waals surface area (Å²) in [4.78, 5) is 6.23. The summed E-state index contributed by atoms with van der Waals surface area (Å²) in [5, 5.41) is 1.08. The van der Waals surface area contributed by atoms with Crippen LogP contribution in [0.3, 0.4) is 0 Å². The zero-order valence-electron chi connectivity index (χ0n) is 10.9. The fourth-order valence-corrected chi connectivity index (χ4v) is 3.55. The SMILES string of the molecule is CCC(C)(N)c1nc2c(s1)CCc1ccccc1-2. The third kappa shape index (κ3) is 1.78. The molecule has 0 fully saturated rings. The molecule has 1 aromatic carbocycles. The van der Waals surface area contributed by atoms with Gasteiger partial charge in [-0.2, -0.15) is 0 Å². The number of rotatable bonds is 2. The van der Waals surface area contributed by atoms with Gasteiger partial charge in [-0.15, -0.1) is 11.3 Å². The zero-order chi connectivity index (χ0) is 12.8. The molecule has 0 radical (unpaired) electrons. The van der Waals surface area contributed by atoms with E-state index in [4.69, 9.17) is 10.7 Å². The lowest BCUT2D eigenvalue weighted by atomic mass is 9.93. The summed E-state index contributed by atoms with van der Waals surface area (Å²) >= 11 is 1.79. The van der Waals surface area contributed by atoms with Gasteiger partial charge in [-0.05, 0) is 31.7 Å². The van der Waals surface area contributed by atoms with Crippen LogP contribution >= 0.6 is 11.3 Å². The minimum absolute atomic E-state index is 0.295. The van der Waals surface area contributed by atoms with Crippen molar-refractivity contribution in [1.82, 2.24) is 4.98 Å². The first-order valence-corrected chi connectivity index (χ1v) is 7.31. The average Bonchev–Trinajstić information content (AvgIpc) is 2.84. The first-order chi connectivity index (χ1) is 8.62. The molecule has 0 spiro atoms. The number of hydrogen-bond acceptors (Lipinski definition) is 3. The first kappa shape index (κ1) is 11.9. The zero-order valence-corrected chi connectivity index (χ0v) is 11.7. The molecule has 1 aliphatic carbocycles. The Kier molecular flexibility index (Phi) is 2.76. The molecular weight excluding hydrogens is 240 g/mol. The molecule has 2 nitrogen and oxygen atoms in total. The first-order valence-electron chi connectivity index (χ1n) is 6.49. The summed E-state index contributed by atoms with van der Waals surface area (Å²) in [6, 6.07) is 8.58. The van der Waals surface area contributed by atoms with E-state index in [0.717, 1.165) is 24.3 Å². The predicted molar refractivity (Wildman–Crippen MR) is 76.8 cm³/mol. The summed E-state index contributed by atoms with van der Waals surface area (Å²) in [5.41, 5.74) is 9.90. The number of nitrogens with two attached hydrogens (primary N) is 1. The van der Waals surface area contributed by atoms with Crippen LogP contribution in [0, 0.1) is 0 Å². The molecule has 0 bridgehead atoms. The molecule has 0 amide bonds. The number of aryl methyl sites for hydroxylation is 2. The van der Waals surface area contributed by atoms with Crippen molar-refractivity contribution < 1.29 is 0 Å². The molecule has 0 aliphatic heterocycles. The van der Waals surface area contributed by atoms with Crippen LogP contribution in [0.1, 0.15) is 35.7 Å². The summed E-state index contributed by atoms with van der Waals surface area (Å²) in [6.07, 6.45) is 3.14. The number of aromatic nitrogens is 1. The van der Waals surface area contributed by atoms with Crippen LogP contribution < -0.4 is 5.73 Å². The summed E-state index contributed by atoms with van der Waals surface area (Å²) in [7, 11) is 0. The van der Waals surface area contributed by atoms with E-state index < -0.39 is 0 Å². The topological polar surface area (TPSA) is 38.9 Å². The third-order valence-corrected chi connectivity index (χ3v) is 5.21. The van der Waals surface area contributed by atoms with Crippen molar-refractivity contribution in [2.75, 3.05) is 0 Å². The maximum absolute atomic E-state index is 6.32. The fourth-order valence-electron chi connectivity index (χ4n) is 2.34. The maximum Gasteiger partial charge on any atom is 0.113 e. The summed E-state index contributed by atoms with van der Waals surface area (Å²) < 4.78 is 0. The molecule has 1 atom stereocenters. The number of nitrogens with zero attached hydrogens (tertiary/aromatic N) is 1. The van der Waals surface area contributed by atoms with Crippen molar-refractivity contribution in [3.8, 4) is 11.3 Å². The molecule has 18 heavy (non-hydrogen) atoms. The Balaban J connectivity index is 2.12. The van der Waals surface area contributed by atoms with E-state index in [1.54, 1.807) is 11.3 Å². The minimum Gasteiger partial charge on any atom is -0.320 e. The molecular formula is C15H18N2S. The Morgan fingerprint density at radius 1 is 1.33 bits per heavy atom. The van der Waals surface area contributed by atoms with Crippen molar-refractivity contribution in [2.45, 2.75) is 38.6 Å². The Morgan fingerprint density at radius 3 is 2.89 bits per heavy atom. The van der Waals surface area contributed by atoms with E-state index in [2.05, 4.69) is 38.1 Å². The third-order valence-electron chi connectivity index (χ3n) is 3.81. The van der Waals surface area contributed by atoms with Gasteiger partial charge in [0.25, 0.3) is 0 Å². The van der Waals surface area contributed by atoms with Gasteiger partial charge in [-0.1, -0.05) is 31.2 Å². The van der Waals surface area contributed by atoms with Crippen molar-refractivity contribution in [2.24, 2.45) is 5.73 Å². The molecule has 3 rings (SSSR count). The van der Waals surface area contributed by atoms with Crippen LogP contribution in [-0.4, -0.2) is 4.98 Å². The van der Waals surface area contributed by atoms with Crippen LogP contribution in [0.5, 0.6) is 0 Å². The van der Waals surface area contributed by atoms with Crippen LogP contribution in [0.15, 0.2) is 24.3 Å². The molecule has 0 saturated carbocycles. The average molecular weight is 258 g/mol. The maximum atomic E-state index is 6.32. The van der Waals surface area contributed by atoms with Crippen LogP contribution in [0.25, 0.3) is 11.3 Å². The molecule has 1 aliphatic rings. The second-order valence-electron chi connectivity index (χ2n) is 5.22. The molecule has 2 N–H and O–H groups in total. The highest BCUT2D eigenvalue weighted by molar-refractivity contribution is 7.12. The second-order valence-corrected chi connectivity index (χ2v) is 6.30. The number of thiazole rings is 1. The van der Waals surface area contributed by atoms with Gasteiger partial charge in [0.2, 0.25) is 0 Å². The molecule has 1 aromatic heterocycles. The second kappa shape index (κ2) is 4.18. The Bertz CT molecular complexity index is 584. The van der Waals surface area contributed by atoms with E-state index >= 15 is 0 Å². The molecule has 1 heterocycles. The molecule has 94 valence electrons. The Labute approximate surface area is 112 Å². The van der Waals surface area contributed by atoms with Gasteiger partial charge < -0.3 is 5.73 Å². The minimum atomic E-state index is -0.295. The smallest absolute Gasteiger partial charge is 0.113 e. The highest BCUT2D eigenvalue weighted by Gasteiger charge is 2.27. The van der Waals surface area contributed by atoms with Crippen LogP contribution in [0.4, 0.5) is 0 Å². The quantitative estimate of drug-likeness (QED) is 0.895. The van der Waals surface area contributed by atoms with Crippen LogP contribution in [0.2, 0.25) is 0 Å². The molecule has 2 aromatic rings. The van der Waals surface area contributed by atoms with Gasteiger partial charge in [0.05, 0.1) is 11.2 Å². The Morgan fingerprint density at radius 2 is 2.11 bits per heavy atom. The van der Waals surface area contributed by atoms with Gasteiger partial charge >= 0.3 is 0 Å². The number of fused-ring (bicyclic) bond motifs is 3. The predicted octanol–water partition coefficient (Wildman–Crippen LogP) is 3.49. The lowest BCUT2D eigenvalue weighted by Gasteiger charge is -2.18. The monoisotopic (exact) mass is 258 g/mol. The highest BCUT2D eigenvalue weighted by Crippen LogP contribution is 2.39. The van der Waals surface area contributed by atoms with Gasteiger partial charge in [0.15, 0.2) is 0 Å². The lowest BCUT2D eigenvalue weighted by molar-refractivity contribution is 0.474. The highest BCUT2D eigenvalue weighted by atomic mass is 32.1. The lowest BCUT2D eigenvalue weighted by Crippen LogP contribution is -2.31. The van der Waals surface area contributed by atoms with Crippen molar-refractivity contribution in [1.29, 1.82) is 0 Å². The van der Waals surface area contributed by atoms with Crippen LogP contribution in [-0.2, 0) is 18.4 Å². The largest absolute Gasteiger partial charge is 0.320 e. The van der Waals surface area contributed by atoms with Crippen molar-refractivity contribution in [3.63, 3.8) is 0 Å². The van der Waals surface area contributed by atoms with E-state index in [0.29, 0.717) is 0 Å². The van der Waals surface area contributed by atoms with E-state index in [9.17, 15) is 0 Å². The Hall–Kier alpha value is -1.19. The molecule has 0 saturated heterocycles. The van der Waals surface area contributed by atoms with E-state index in [1.165, 1.54) is 21.7 Å². The molecule has 1 unspecified atom stereocenters. The fraction of sp³-hybridized carbons (Fsp3) is 0.400. The van der Waals surface area contributed by atoms with Gasteiger partial charge in [-0.3, -0.25) is 0 Å². The normalized spacial score (nSPS) is 16.8. The van der Waals surface area contributed by atoms with E-state index in [1.807, 2.05) is 0 Å². The summed E-state index contributed by atoms with van der Waals surface area (Å²) in [5.74, 6) is 0. The summed E-state index contributed by atoms with van der Waals surface area (Å²) in [6.45, 7) is 4.19. The van der Waals surface area contributed by atoms with Gasteiger partial charge in [0.1, 0.15) is 5.01 Å².